The third-order valence-electron chi connectivity index (χ3n) is 2.28. The van der Waals surface area contributed by atoms with Gasteiger partial charge < -0.3 is 0 Å². The highest BCUT2D eigenvalue weighted by Crippen LogP contribution is 2.23. The fourth-order valence-electron chi connectivity index (χ4n) is 1.45. The molecular weight excluding hydrogens is 248 g/mol. The van der Waals surface area contributed by atoms with Crippen LogP contribution in [-0.2, 0) is 14.3 Å². The lowest BCUT2D eigenvalue weighted by Crippen LogP contribution is -2.02. The highest BCUT2D eigenvalue weighted by Gasteiger charge is 2.12. The van der Waals surface area contributed by atoms with Crippen LogP contribution < -0.4 is 0 Å². The van der Waals surface area contributed by atoms with Crippen LogP contribution >= 0.6 is 11.6 Å². The van der Waals surface area contributed by atoms with Crippen LogP contribution in [0.1, 0.15) is 0 Å². The summed E-state index contributed by atoms with van der Waals surface area (Å²) in [5.41, 5.74) is 0. The van der Waals surface area contributed by atoms with Gasteiger partial charge in [0.05, 0.1) is 12.0 Å². The smallest absolute Gasteiger partial charge is 0.270 e. The summed E-state index contributed by atoms with van der Waals surface area (Å²) in [5.74, 6) is 0. The molecule has 0 radical (unpaired) electrons. The van der Waals surface area contributed by atoms with E-state index in [-0.39, 0.29) is 4.90 Å². The number of hydrogen-bond donors (Lipinski definition) is 0. The van der Waals surface area contributed by atoms with Crippen molar-refractivity contribution in [2.75, 3.05) is 7.11 Å². The average molecular weight is 257 g/mol. The van der Waals surface area contributed by atoms with Crippen molar-refractivity contribution >= 4 is 32.5 Å². The minimum atomic E-state index is -3.63. The zero-order valence-corrected chi connectivity index (χ0v) is 10.0. The van der Waals surface area contributed by atoms with Crippen LogP contribution in [0.15, 0.2) is 41.3 Å². The fourth-order valence-corrected chi connectivity index (χ4v) is 2.33. The van der Waals surface area contributed by atoms with Gasteiger partial charge in [0.2, 0.25) is 0 Å². The predicted octanol–water partition coefficient (Wildman–Crippen LogP) is 2.83. The maximum absolute atomic E-state index is 11.5. The zero-order chi connectivity index (χ0) is 11.8. The van der Waals surface area contributed by atoms with Crippen LogP contribution in [0.5, 0.6) is 0 Å². The van der Waals surface area contributed by atoms with E-state index in [1.807, 2.05) is 0 Å². The van der Waals surface area contributed by atoms with Crippen LogP contribution in [0, 0.1) is 0 Å². The topological polar surface area (TPSA) is 43.4 Å². The van der Waals surface area contributed by atoms with Gasteiger partial charge in [0, 0.05) is 5.02 Å². The maximum Gasteiger partial charge on any atom is 0.296 e. The molecule has 0 N–H and O–H groups in total. The molecule has 0 fully saturated rings. The molecule has 0 saturated carbocycles. The lowest BCUT2D eigenvalue weighted by atomic mass is 10.1. The quantitative estimate of drug-likeness (QED) is 0.776. The summed E-state index contributed by atoms with van der Waals surface area (Å²) in [7, 11) is -2.49. The molecule has 0 saturated heterocycles. The summed E-state index contributed by atoms with van der Waals surface area (Å²) >= 11 is 5.83. The lowest BCUT2D eigenvalue weighted by Gasteiger charge is -2.03. The molecule has 84 valence electrons. The van der Waals surface area contributed by atoms with E-state index in [1.165, 1.54) is 6.07 Å². The van der Waals surface area contributed by atoms with Gasteiger partial charge in [-0.2, -0.15) is 8.42 Å². The first-order chi connectivity index (χ1) is 7.53. The highest BCUT2D eigenvalue weighted by molar-refractivity contribution is 7.86. The van der Waals surface area contributed by atoms with Crippen molar-refractivity contribution in [3.05, 3.63) is 41.4 Å². The molecule has 0 aliphatic carbocycles. The summed E-state index contributed by atoms with van der Waals surface area (Å²) in [6.45, 7) is 0. The molecule has 0 unspecified atom stereocenters. The second-order valence-corrected chi connectivity index (χ2v) is 5.42. The molecule has 0 aliphatic rings. The number of benzene rings is 2. The van der Waals surface area contributed by atoms with E-state index in [0.29, 0.717) is 5.02 Å². The Morgan fingerprint density at radius 2 is 1.69 bits per heavy atom. The van der Waals surface area contributed by atoms with Crippen molar-refractivity contribution in [1.29, 1.82) is 0 Å². The molecule has 5 heteroatoms. The predicted molar refractivity (Wildman–Crippen MR) is 63.2 cm³/mol. The minimum absolute atomic E-state index is 0.143. The van der Waals surface area contributed by atoms with Gasteiger partial charge >= 0.3 is 0 Å². The van der Waals surface area contributed by atoms with Gasteiger partial charge in [-0.1, -0.05) is 23.7 Å². The van der Waals surface area contributed by atoms with Crippen molar-refractivity contribution in [3.63, 3.8) is 0 Å². The van der Waals surface area contributed by atoms with E-state index in [0.717, 1.165) is 17.9 Å². The third kappa shape index (κ3) is 2.04. The molecule has 0 bridgehead atoms. The van der Waals surface area contributed by atoms with Gasteiger partial charge in [-0.05, 0) is 35.0 Å². The fraction of sp³-hybridized carbons (Fsp3) is 0.0909. The van der Waals surface area contributed by atoms with Gasteiger partial charge in [-0.25, -0.2) is 0 Å². The summed E-state index contributed by atoms with van der Waals surface area (Å²) < 4.78 is 27.4. The molecule has 16 heavy (non-hydrogen) atoms. The normalized spacial score (nSPS) is 11.9. The van der Waals surface area contributed by atoms with E-state index in [2.05, 4.69) is 4.18 Å². The van der Waals surface area contributed by atoms with Crippen LogP contribution in [0.3, 0.4) is 0 Å². The summed E-state index contributed by atoms with van der Waals surface area (Å²) in [4.78, 5) is 0.143. The van der Waals surface area contributed by atoms with Crippen molar-refractivity contribution in [2.24, 2.45) is 0 Å². The average Bonchev–Trinajstić information content (AvgIpc) is 2.28. The summed E-state index contributed by atoms with van der Waals surface area (Å²) in [6, 6.07) is 10.0. The zero-order valence-electron chi connectivity index (χ0n) is 8.48. The molecule has 2 aromatic rings. The van der Waals surface area contributed by atoms with Crippen LogP contribution in [0.2, 0.25) is 5.02 Å². The number of hydrogen-bond acceptors (Lipinski definition) is 3. The molecule has 0 spiro atoms. The molecular formula is C11H9ClO3S. The molecule has 0 heterocycles. The Kier molecular flexibility index (Phi) is 2.88. The Balaban J connectivity index is 2.66. The van der Waals surface area contributed by atoms with Gasteiger partial charge in [0.1, 0.15) is 0 Å². The first-order valence-electron chi connectivity index (χ1n) is 4.53. The molecule has 2 rings (SSSR count). The van der Waals surface area contributed by atoms with Gasteiger partial charge in [0.15, 0.2) is 0 Å². The molecule has 3 nitrogen and oxygen atoms in total. The van der Waals surface area contributed by atoms with Crippen molar-refractivity contribution in [1.82, 2.24) is 0 Å². The van der Waals surface area contributed by atoms with Gasteiger partial charge in [-0.3, -0.25) is 4.18 Å². The largest absolute Gasteiger partial charge is 0.296 e. The second-order valence-electron chi connectivity index (χ2n) is 3.27. The lowest BCUT2D eigenvalue weighted by molar-refractivity contribution is 0.398. The first kappa shape index (κ1) is 11.4. The second kappa shape index (κ2) is 4.05. The number of fused-ring (bicyclic) bond motifs is 1. The minimum Gasteiger partial charge on any atom is -0.270 e. The summed E-state index contributed by atoms with van der Waals surface area (Å²) in [6.07, 6.45) is 0. The third-order valence-corrected chi connectivity index (χ3v) is 3.79. The Morgan fingerprint density at radius 1 is 1.06 bits per heavy atom. The first-order valence-corrected chi connectivity index (χ1v) is 6.31. The standard InChI is InChI=1S/C11H9ClO3S/c1-15-16(13,14)11-5-3-8-6-10(12)4-2-9(8)7-11/h2-7H,1H3. The van der Waals surface area contributed by atoms with Crippen LogP contribution in [0.25, 0.3) is 10.8 Å². The molecule has 0 amide bonds. The number of halogens is 1. The Bertz CT molecular complexity index is 635. The molecule has 0 aromatic heterocycles. The van der Waals surface area contributed by atoms with Crippen LogP contribution in [-0.4, -0.2) is 15.5 Å². The SMILES string of the molecule is COS(=O)(=O)c1ccc2cc(Cl)ccc2c1. The molecule has 0 atom stereocenters. The van der Waals surface area contributed by atoms with Crippen molar-refractivity contribution in [3.8, 4) is 0 Å². The maximum atomic E-state index is 11.5. The molecule has 2 aromatic carbocycles. The van der Waals surface area contributed by atoms with Crippen molar-refractivity contribution < 1.29 is 12.6 Å². The van der Waals surface area contributed by atoms with E-state index in [4.69, 9.17) is 11.6 Å². The highest BCUT2D eigenvalue weighted by atomic mass is 35.5. The van der Waals surface area contributed by atoms with E-state index in [1.54, 1.807) is 30.3 Å². The molecule has 0 aliphatic heterocycles. The van der Waals surface area contributed by atoms with Gasteiger partial charge in [-0.15, -0.1) is 0 Å². The van der Waals surface area contributed by atoms with Crippen LogP contribution in [0.4, 0.5) is 0 Å². The van der Waals surface area contributed by atoms with Crippen molar-refractivity contribution in [2.45, 2.75) is 4.90 Å². The Labute approximate surface area is 98.7 Å². The Morgan fingerprint density at radius 3 is 2.38 bits per heavy atom. The van der Waals surface area contributed by atoms with E-state index >= 15 is 0 Å². The Hall–Kier alpha value is -1.10. The summed E-state index contributed by atoms with van der Waals surface area (Å²) in [5, 5.41) is 2.32. The monoisotopic (exact) mass is 256 g/mol. The van der Waals surface area contributed by atoms with Gasteiger partial charge in [0.25, 0.3) is 10.1 Å². The number of rotatable bonds is 2. The van der Waals surface area contributed by atoms with E-state index < -0.39 is 10.1 Å². The van der Waals surface area contributed by atoms with E-state index in [9.17, 15) is 8.42 Å².